The second-order valence-corrected chi connectivity index (χ2v) is 5.16. The lowest BCUT2D eigenvalue weighted by molar-refractivity contribution is 0.104. The molecule has 24 heavy (non-hydrogen) atoms. The van der Waals surface area contributed by atoms with Crippen LogP contribution in [-0.2, 0) is 4.74 Å². The Bertz CT molecular complexity index is 833. The van der Waals surface area contributed by atoms with Crippen LogP contribution in [0.5, 0.6) is 0 Å². The molecule has 0 atom stereocenters. The Morgan fingerprint density at radius 3 is 2.71 bits per heavy atom. The summed E-state index contributed by atoms with van der Waals surface area (Å²) >= 11 is 0. The highest BCUT2D eigenvalue weighted by Gasteiger charge is 2.23. The molecule has 6 heteroatoms. The molecule has 1 aliphatic rings. The standard InChI is InChI=1S/C18H13F2NO3/c19-15-6-2-3-12(17(15)20)7-8-16(22)13-4-1-5-14(11-13)21-9-10-24-18(21)23/h1-8,11H,9-10H2. The van der Waals surface area contributed by atoms with Crippen LogP contribution >= 0.6 is 0 Å². The summed E-state index contributed by atoms with van der Waals surface area (Å²) in [6.07, 6.45) is 1.92. The number of amides is 1. The Hall–Kier alpha value is -3.02. The highest BCUT2D eigenvalue weighted by atomic mass is 19.2. The fourth-order valence-electron chi connectivity index (χ4n) is 2.37. The van der Waals surface area contributed by atoms with Crippen LogP contribution in [0.1, 0.15) is 15.9 Å². The molecule has 122 valence electrons. The lowest BCUT2D eigenvalue weighted by Gasteiger charge is -2.13. The van der Waals surface area contributed by atoms with E-state index in [4.69, 9.17) is 4.74 Å². The zero-order valence-corrected chi connectivity index (χ0v) is 12.5. The number of ketones is 1. The molecule has 0 saturated carbocycles. The number of carbonyl (C=O) groups is 2. The third-order valence-corrected chi connectivity index (χ3v) is 3.60. The minimum atomic E-state index is -1.00. The molecule has 3 rings (SSSR count). The van der Waals surface area contributed by atoms with Gasteiger partial charge in [0.05, 0.1) is 6.54 Å². The van der Waals surface area contributed by atoms with Gasteiger partial charge in [0, 0.05) is 16.8 Å². The molecule has 4 nitrogen and oxygen atoms in total. The van der Waals surface area contributed by atoms with Crippen molar-refractivity contribution in [3.05, 3.63) is 71.3 Å². The summed E-state index contributed by atoms with van der Waals surface area (Å²) in [4.78, 5) is 25.2. The van der Waals surface area contributed by atoms with Crippen molar-refractivity contribution < 1.29 is 23.1 Å². The molecule has 2 aromatic carbocycles. The molecular formula is C18H13F2NO3. The predicted molar refractivity (Wildman–Crippen MR) is 84.9 cm³/mol. The molecule has 1 saturated heterocycles. The zero-order valence-electron chi connectivity index (χ0n) is 12.5. The van der Waals surface area contributed by atoms with E-state index in [1.807, 2.05) is 0 Å². The number of hydrogen-bond acceptors (Lipinski definition) is 3. The SMILES string of the molecule is O=C(C=Cc1cccc(F)c1F)c1cccc(N2CCOC2=O)c1. The molecule has 1 fully saturated rings. The van der Waals surface area contributed by atoms with E-state index >= 15 is 0 Å². The summed E-state index contributed by atoms with van der Waals surface area (Å²) in [5.74, 6) is -2.36. The van der Waals surface area contributed by atoms with Crippen molar-refractivity contribution in [1.82, 2.24) is 0 Å². The van der Waals surface area contributed by atoms with Crippen LogP contribution in [-0.4, -0.2) is 25.0 Å². The van der Waals surface area contributed by atoms with Crippen molar-refractivity contribution in [3.8, 4) is 0 Å². The summed E-state index contributed by atoms with van der Waals surface area (Å²) in [6, 6.07) is 10.2. The molecule has 1 amide bonds. The number of halogens is 2. The van der Waals surface area contributed by atoms with Crippen LogP contribution in [0.4, 0.5) is 19.3 Å². The van der Waals surface area contributed by atoms with E-state index < -0.39 is 17.7 Å². The third kappa shape index (κ3) is 3.17. The molecule has 0 bridgehead atoms. The number of carbonyl (C=O) groups excluding carboxylic acids is 2. The Kier molecular flexibility index (Phi) is 4.37. The molecular weight excluding hydrogens is 316 g/mol. The van der Waals surface area contributed by atoms with Gasteiger partial charge in [0.2, 0.25) is 0 Å². The molecule has 0 radical (unpaired) electrons. The molecule has 1 heterocycles. The van der Waals surface area contributed by atoms with Gasteiger partial charge in [-0.15, -0.1) is 0 Å². The van der Waals surface area contributed by atoms with Crippen molar-refractivity contribution >= 4 is 23.6 Å². The van der Waals surface area contributed by atoms with E-state index in [-0.39, 0.29) is 11.3 Å². The van der Waals surface area contributed by atoms with Gasteiger partial charge in [-0.25, -0.2) is 13.6 Å². The van der Waals surface area contributed by atoms with E-state index in [9.17, 15) is 18.4 Å². The van der Waals surface area contributed by atoms with E-state index in [1.54, 1.807) is 24.3 Å². The normalized spacial score (nSPS) is 14.2. The van der Waals surface area contributed by atoms with Gasteiger partial charge in [0.25, 0.3) is 0 Å². The average Bonchev–Trinajstić information content (AvgIpc) is 3.02. The number of ether oxygens (including phenoxy) is 1. The Morgan fingerprint density at radius 2 is 1.96 bits per heavy atom. The van der Waals surface area contributed by atoms with Crippen LogP contribution in [0.3, 0.4) is 0 Å². The van der Waals surface area contributed by atoms with Gasteiger partial charge in [0.1, 0.15) is 6.61 Å². The fraction of sp³-hybridized carbons (Fsp3) is 0.111. The van der Waals surface area contributed by atoms with Crippen LogP contribution < -0.4 is 4.90 Å². The fourth-order valence-corrected chi connectivity index (χ4v) is 2.37. The Labute approximate surface area is 137 Å². The smallest absolute Gasteiger partial charge is 0.414 e. The Balaban J connectivity index is 1.81. The van der Waals surface area contributed by atoms with Crippen LogP contribution in [0.25, 0.3) is 6.08 Å². The van der Waals surface area contributed by atoms with Gasteiger partial charge in [-0.3, -0.25) is 9.69 Å². The zero-order chi connectivity index (χ0) is 17.1. The van der Waals surface area contributed by atoms with Gasteiger partial charge in [-0.05, 0) is 30.4 Å². The topological polar surface area (TPSA) is 46.6 Å². The van der Waals surface area contributed by atoms with Gasteiger partial charge in [-0.1, -0.05) is 24.3 Å². The lowest BCUT2D eigenvalue weighted by atomic mass is 10.1. The van der Waals surface area contributed by atoms with Crippen LogP contribution in [0.15, 0.2) is 48.5 Å². The Morgan fingerprint density at radius 1 is 1.17 bits per heavy atom. The number of hydrogen-bond donors (Lipinski definition) is 0. The molecule has 1 aliphatic heterocycles. The first-order valence-corrected chi connectivity index (χ1v) is 7.27. The molecule has 0 aromatic heterocycles. The summed E-state index contributed by atoms with van der Waals surface area (Å²) in [7, 11) is 0. The molecule has 2 aromatic rings. The number of anilines is 1. The summed E-state index contributed by atoms with van der Waals surface area (Å²) in [5.41, 5.74) is 0.872. The van der Waals surface area contributed by atoms with Gasteiger partial charge in [0.15, 0.2) is 17.4 Å². The van der Waals surface area contributed by atoms with E-state index in [2.05, 4.69) is 0 Å². The maximum absolute atomic E-state index is 13.6. The third-order valence-electron chi connectivity index (χ3n) is 3.60. The van der Waals surface area contributed by atoms with Crippen molar-refractivity contribution in [2.24, 2.45) is 0 Å². The largest absolute Gasteiger partial charge is 0.447 e. The molecule has 0 unspecified atom stereocenters. The first-order valence-electron chi connectivity index (χ1n) is 7.27. The highest BCUT2D eigenvalue weighted by Crippen LogP contribution is 2.21. The monoisotopic (exact) mass is 329 g/mol. The maximum Gasteiger partial charge on any atom is 0.414 e. The van der Waals surface area contributed by atoms with E-state index in [0.29, 0.717) is 24.4 Å². The predicted octanol–water partition coefficient (Wildman–Crippen LogP) is 3.82. The van der Waals surface area contributed by atoms with E-state index in [1.165, 1.54) is 29.2 Å². The van der Waals surface area contributed by atoms with Gasteiger partial charge >= 0.3 is 6.09 Å². The number of cyclic esters (lactones) is 1. The molecule has 0 N–H and O–H groups in total. The first-order chi connectivity index (χ1) is 11.6. The summed E-state index contributed by atoms with van der Waals surface area (Å²) in [6.45, 7) is 0.719. The lowest BCUT2D eigenvalue weighted by Crippen LogP contribution is -2.23. The van der Waals surface area contributed by atoms with Crippen LogP contribution in [0, 0.1) is 11.6 Å². The van der Waals surface area contributed by atoms with Crippen molar-refractivity contribution in [1.29, 1.82) is 0 Å². The van der Waals surface area contributed by atoms with Crippen molar-refractivity contribution in [3.63, 3.8) is 0 Å². The second kappa shape index (κ2) is 6.62. The summed E-state index contributed by atoms with van der Waals surface area (Å²) < 4.78 is 31.6. The maximum atomic E-state index is 13.6. The van der Waals surface area contributed by atoms with Gasteiger partial charge in [-0.2, -0.15) is 0 Å². The molecule has 0 spiro atoms. The average molecular weight is 329 g/mol. The second-order valence-electron chi connectivity index (χ2n) is 5.16. The van der Waals surface area contributed by atoms with E-state index in [0.717, 1.165) is 6.07 Å². The number of nitrogens with zero attached hydrogens (tertiary/aromatic N) is 1. The number of benzene rings is 2. The van der Waals surface area contributed by atoms with Crippen molar-refractivity contribution in [2.75, 3.05) is 18.1 Å². The number of allylic oxidation sites excluding steroid dienone is 1. The highest BCUT2D eigenvalue weighted by molar-refractivity contribution is 6.07. The summed E-state index contributed by atoms with van der Waals surface area (Å²) in [5, 5.41) is 0. The minimum Gasteiger partial charge on any atom is -0.447 e. The first kappa shape index (κ1) is 15.9. The number of rotatable bonds is 4. The minimum absolute atomic E-state index is 0.0115. The van der Waals surface area contributed by atoms with Gasteiger partial charge < -0.3 is 4.74 Å². The quantitative estimate of drug-likeness (QED) is 0.633. The van der Waals surface area contributed by atoms with Crippen LogP contribution in [0.2, 0.25) is 0 Å². The van der Waals surface area contributed by atoms with Crippen molar-refractivity contribution in [2.45, 2.75) is 0 Å². The molecule has 0 aliphatic carbocycles.